The van der Waals surface area contributed by atoms with Crippen molar-refractivity contribution in [2.24, 2.45) is 17.3 Å². The van der Waals surface area contributed by atoms with Crippen LogP contribution in [0.25, 0.3) is 0 Å². The van der Waals surface area contributed by atoms with Crippen molar-refractivity contribution in [1.29, 1.82) is 0 Å². The van der Waals surface area contributed by atoms with Gasteiger partial charge in [-0.15, -0.1) is 0 Å². The molecule has 4 bridgehead atoms. The molecular formula is C24H33NO4. The molecule has 1 amide bonds. The fraction of sp³-hybridized carbons (Fsp3) is 0.667. The third kappa shape index (κ3) is 4.35. The fourth-order valence-corrected chi connectivity index (χ4v) is 6.25. The highest BCUT2D eigenvalue weighted by atomic mass is 16.5. The molecule has 2 N–H and O–H groups in total. The second-order valence-corrected chi connectivity index (χ2v) is 9.95. The lowest BCUT2D eigenvalue weighted by molar-refractivity contribution is -0.200. The Kier molecular flexibility index (Phi) is 5.45. The summed E-state index contributed by atoms with van der Waals surface area (Å²) in [6.45, 7) is 3.62. The molecule has 4 saturated carbocycles. The fourth-order valence-electron chi connectivity index (χ4n) is 6.25. The van der Waals surface area contributed by atoms with Gasteiger partial charge in [0.1, 0.15) is 0 Å². The molecular weight excluding hydrogens is 366 g/mol. The van der Waals surface area contributed by atoms with E-state index in [1.807, 2.05) is 25.1 Å². The van der Waals surface area contributed by atoms with Crippen LogP contribution < -0.4 is 5.32 Å². The van der Waals surface area contributed by atoms with E-state index in [1.54, 1.807) is 6.92 Å². The number of nitrogens with one attached hydrogen (secondary N) is 1. The predicted octanol–water partition coefficient (Wildman–Crippen LogP) is 3.39. The molecule has 0 unspecified atom stereocenters. The van der Waals surface area contributed by atoms with Gasteiger partial charge in [-0.1, -0.05) is 30.3 Å². The van der Waals surface area contributed by atoms with Crippen molar-refractivity contribution in [3.63, 3.8) is 0 Å². The van der Waals surface area contributed by atoms with Crippen LogP contribution in [-0.4, -0.2) is 34.7 Å². The van der Waals surface area contributed by atoms with Gasteiger partial charge in [0.15, 0.2) is 6.10 Å². The van der Waals surface area contributed by atoms with Crippen LogP contribution in [-0.2, 0) is 20.7 Å². The number of ether oxygens (including phenoxy) is 1. The normalized spacial score (nSPS) is 34.4. The highest BCUT2D eigenvalue weighted by Crippen LogP contribution is 2.62. The topological polar surface area (TPSA) is 75.6 Å². The molecule has 4 atom stereocenters. The van der Waals surface area contributed by atoms with Crippen molar-refractivity contribution < 1.29 is 19.4 Å². The molecule has 0 aromatic heterocycles. The Bertz CT molecular complexity index is 747. The Hall–Kier alpha value is -1.88. The molecule has 158 valence electrons. The van der Waals surface area contributed by atoms with E-state index in [0.29, 0.717) is 18.3 Å². The smallest absolute Gasteiger partial charge is 0.312 e. The number of aliphatic hydroxyl groups is 1. The van der Waals surface area contributed by atoms with E-state index in [2.05, 4.69) is 17.4 Å². The van der Waals surface area contributed by atoms with E-state index in [-0.39, 0.29) is 17.9 Å². The Labute approximate surface area is 173 Å². The Morgan fingerprint density at radius 3 is 2.41 bits per heavy atom. The molecule has 5 rings (SSSR count). The molecule has 4 aliphatic carbocycles. The van der Waals surface area contributed by atoms with Gasteiger partial charge in [0.2, 0.25) is 0 Å². The predicted molar refractivity (Wildman–Crippen MR) is 110 cm³/mol. The van der Waals surface area contributed by atoms with E-state index < -0.39 is 17.1 Å². The number of esters is 1. The van der Waals surface area contributed by atoms with Crippen molar-refractivity contribution in [2.45, 2.75) is 83.0 Å². The average molecular weight is 400 g/mol. The molecule has 0 saturated heterocycles. The Balaban J connectivity index is 1.29. The van der Waals surface area contributed by atoms with Crippen molar-refractivity contribution in [1.82, 2.24) is 5.32 Å². The van der Waals surface area contributed by atoms with Gasteiger partial charge in [-0.2, -0.15) is 0 Å². The van der Waals surface area contributed by atoms with Gasteiger partial charge in [-0.05, 0) is 82.6 Å². The minimum atomic E-state index is -0.815. The van der Waals surface area contributed by atoms with Gasteiger partial charge in [0.25, 0.3) is 5.91 Å². The molecule has 5 nitrogen and oxygen atoms in total. The minimum absolute atomic E-state index is 0.00381. The number of amides is 1. The van der Waals surface area contributed by atoms with Crippen molar-refractivity contribution >= 4 is 11.9 Å². The maximum absolute atomic E-state index is 13.0. The van der Waals surface area contributed by atoms with Crippen molar-refractivity contribution in [3.05, 3.63) is 35.9 Å². The van der Waals surface area contributed by atoms with Crippen LogP contribution in [0.3, 0.4) is 0 Å². The second-order valence-electron chi connectivity index (χ2n) is 9.95. The number of benzene rings is 1. The van der Waals surface area contributed by atoms with Crippen LogP contribution in [0.4, 0.5) is 0 Å². The number of carbonyl (C=O) groups excluding carboxylic acids is 2. The van der Waals surface area contributed by atoms with Crippen LogP contribution in [0.2, 0.25) is 0 Å². The molecule has 1 aromatic carbocycles. The standard InChI is InChI=1S/C24H33NO4/c1-16(8-9-18-6-4-3-5-7-18)25-21(26)17(2)29-22(27)23-11-19-10-20(12-23)14-24(28,13-19)15-23/h3-7,16-17,19-20,28H,8-15H2,1-2H3,(H,25,26)/t16-,17-,19+,20+,23?,24?/m0/s1. The summed E-state index contributed by atoms with van der Waals surface area (Å²) in [7, 11) is 0. The monoisotopic (exact) mass is 399 g/mol. The van der Waals surface area contributed by atoms with E-state index >= 15 is 0 Å². The van der Waals surface area contributed by atoms with Gasteiger partial charge < -0.3 is 15.2 Å². The second kappa shape index (κ2) is 7.75. The summed E-state index contributed by atoms with van der Waals surface area (Å²) in [6, 6.07) is 10.2. The molecule has 29 heavy (non-hydrogen) atoms. The van der Waals surface area contributed by atoms with Gasteiger partial charge in [0, 0.05) is 6.04 Å². The summed E-state index contributed by atoms with van der Waals surface area (Å²) in [4.78, 5) is 25.6. The zero-order valence-corrected chi connectivity index (χ0v) is 17.5. The maximum Gasteiger partial charge on any atom is 0.312 e. The van der Waals surface area contributed by atoms with Crippen LogP contribution in [0.1, 0.15) is 64.4 Å². The van der Waals surface area contributed by atoms with E-state index in [9.17, 15) is 14.7 Å². The molecule has 0 radical (unpaired) electrons. The zero-order chi connectivity index (χ0) is 20.6. The van der Waals surface area contributed by atoms with E-state index in [0.717, 1.165) is 44.9 Å². The Morgan fingerprint density at radius 1 is 1.14 bits per heavy atom. The highest BCUT2D eigenvalue weighted by Gasteiger charge is 2.61. The minimum Gasteiger partial charge on any atom is -0.452 e. The number of rotatable bonds is 7. The summed E-state index contributed by atoms with van der Waals surface area (Å²) in [6.07, 6.45) is 5.74. The van der Waals surface area contributed by atoms with Crippen LogP contribution in [0.5, 0.6) is 0 Å². The molecule has 4 fully saturated rings. The van der Waals surface area contributed by atoms with Crippen molar-refractivity contribution in [3.8, 4) is 0 Å². The lowest BCUT2D eigenvalue weighted by Crippen LogP contribution is -2.59. The molecule has 0 spiro atoms. The molecule has 5 heteroatoms. The number of carbonyl (C=O) groups is 2. The molecule has 4 aliphatic rings. The lowest BCUT2D eigenvalue weighted by atomic mass is 9.48. The first-order valence-corrected chi connectivity index (χ1v) is 11.0. The van der Waals surface area contributed by atoms with E-state index in [4.69, 9.17) is 4.74 Å². The lowest BCUT2D eigenvalue weighted by Gasteiger charge is -2.58. The molecule has 0 aliphatic heterocycles. The summed E-state index contributed by atoms with van der Waals surface area (Å²) < 4.78 is 5.64. The average Bonchev–Trinajstić information content (AvgIpc) is 2.65. The van der Waals surface area contributed by atoms with Crippen LogP contribution in [0.15, 0.2) is 30.3 Å². The van der Waals surface area contributed by atoms with Crippen LogP contribution >= 0.6 is 0 Å². The highest BCUT2D eigenvalue weighted by molar-refractivity contribution is 5.85. The Morgan fingerprint density at radius 2 is 1.79 bits per heavy atom. The number of aryl methyl sites for hydroxylation is 1. The zero-order valence-electron chi connectivity index (χ0n) is 17.5. The third-order valence-corrected chi connectivity index (χ3v) is 7.21. The summed E-state index contributed by atoms with van der Waals surface area (Å²) in [5.74, 6) is 0.291. The first-order valence-electron chi connectivity index (χ1n) is 11.0. The van der Waals surface area contributed by atoms with Gasteiger partial charge in [-0.3, -0.25) is 9.59 Å². The number of hydrogen-bond donors (Lipinski definition) is 2. The number of hydrogen-bond acceptors (Lipinski definition) is 4. The first kappa shape index (κ1) is 20.4. The first-order chi connectivity index (χ1) is 13.8. The summed E-state index contributed by atoms with van der Waals surface area (Å²) in [5.41, 5.74) is -0.0554. The van der Waals surface area contributed by atoms with Gasteiger partial charge in [0.05, 0.1) is 11.0 Å². The van der Waals surface area contributed by atoms with E-state index in [1.165, 1.54) is 5.56 Å². The summed E-state index contributed by atoms with van der Waals surface area (Å²) in [5, 5.41) is 13.8. The van der Waals surface area contributed by atoms with Crippen LogP contribution in [0, 0.1) is 17.3 Å². The van der Waals surface area contributed by atoms with Gasteiger partial charge >= 0.3 is 5.97 Å². The quantitative estimate of drug-likeness (QED) is 0.689. The molecule has 1 aromatic rings. The SMILES string of the molecule is C[C@H](OC(=O)C12C[C@H]3C[C@@H](CC(O)(C3)C1)C2)C(=O)N[C@@H](C)CCc1ccccc1. The summed E-state index contributed by atoms with van der Waals surface area (Å²) >= 11 is 0. The van der Waals surface area contributed by atoms with Gasteiger partial charge in [-0.25, -0.2) is 0 Å². The largest absolute Gasteiger partial charge is 0.452 e. The molecule has 0 heterocycles. The maximum atomic E-state index is 13.0. The van der Waals surface area contributed by atoms with Crippen molar-refractivity contribution in [2.75, 3.05) is 0 Å². The third-order valence-electron chi connectivity index (χ3n) is 7.21.